The largest absolute Gasteiger partial charge is 0.478 e. The highest BCUT2D eigenvalue weighted by atomic mass is 16.4. The molecule has 0 unspecified atom stereocenters. The molecule has 1 fully saturated rings. The zero-order valence-electron chi connectivity index (χ0n) is 26.8. The Balaban J connectivity index is 0.000000432. The minimum Gasteiger partial charge on any atom is -0.478 e. The van der Waals surface area contributed by atoms with Gasteiger partial charge < -0.3 is 35.5 Å². The van der Waals surface area contributed by atoms with Crippen molar-refractivity contribution in [2.24, 2.45) is 0 Å². The van der Waals surface area contributed by atoms with Crippen molar-refractivity contribution >= 4 is 35.8 Å². The average Bonchev–Trinajstić information content (AvgIpc) is 3.10. The van der Waals surface area contributed by atoms with Crippen LogP contribution in [-0.4, -0.2) is 91.5 Å². The van der Waals surface area contributed by atoms with Gasteiger partial charge in [-0.05, 0) is 24.0 Å². The number of nitrogens with one attached hydrogen (secondary N) is 1. The monoisotopic (exact) mass is 672 g/mol. The van der Waals surface area contributed by atoms with Gasteiger partial charge in [-0.1, -0.05) is 72.8 Å². The SMILES string of the molecule is C=CCN(CC=C)c1ncnc(N2CCC(NC(c3ccccc3)c3ccccc3)CC2)n1.O=C(O)C=CC(=O)O.O=C(O)C=CC(=O)O. The van der Waals surface area contributed by atoms with Gasteiger partial charge in [-0.25, -0.2) is 29.1 Å². The summed E-state index contributed by atoms with van der Waals surface area (Å²) in [6, 6.07) is 22.0. The molecule has 1 aliphatic rings. The Morgan fingerprint density at radius 1 is 0.755 bits per heavy atom. The van der Waals surface area contributed by atoms with Crippen molar-refractivity contribution in [1.82, 2.24) is 20.3 Å². The van der Waals surface area contributed by atoms with Crippen molar-refractivity contribution in [3.63, 3.8) is 0 Å². The van der Waals surface area contributed by atoms with E-state index in [2.05, 4.69) is 94.0 Å². The third-order valence-electron chi connectivity index (χ3n) is 6.71. The number of nitrogens with zero attached hydrogens (tertiary/aromatic N) is 5. The summed E-state index contributed by atoms with van der Waals surface area (Å²) in [7, 11) is 0. The van der Waals surface area contributed by atoms with Crippen LogP contribution in [0.1, 0.15) is 30.0 Å². The van der Waals surface area contributed by atoms with Crippen LogP contribution in [0.15, 0.2) is 117 Å². The zero-order valence-corrected chi connectivity index (χ0v) is 26.8. The fraction of sp³-hybridized carbons (Fsp3) is 0.229. The third-order valence-corrected chi connectivity index (χ3v) is 6.71. The lowest BCUT2D eigenvalue weighted by Gasteiger charge is -2.35. The molecule has 0 radical (unpaired) electrons. The third kappa shape index (κ3) is 15.3. The van der Waals surface area contributed by atoms with Crippen LogP contribution in [0.2, 0.25) is 0 Å². The molecule has 0 aliphatic carbocycles. The molecule has 1 aromatic heterocycles. The van der Waals surface area contributed by atoms with E-state index in [-0.39, 0.29) is 6.04 Å². The minimum absolute atomic E-state index is 0.180. The molecule has 1 aliphatic heterocycles. The van der Waals surface area contributed by atoms with Crippen LogP contribution in [0.25, 0.3) is 0 Å². The first kappa shape index (κ1) is 39.0. The summed E-state index contributed by atoms with van der Waals surface area (Å²) < 4.78 is 0. The highest BCUT2D eigenvalue weighted by Gasteiger charge is 2.25. The Kier molecular flexibility index (Phi) is 17.2. The van der Waals surface area contributed by atoms with E-state index in [1.807, 2.05) is 17.1 Å². The molecule has 0 saturated carbocycles. The zero-order chi connectivity index (χ0) is 36.0. The molecule has 2 aromatic carbocycles. The topological polar surface area (TPSA) is 206 Å². The highest BCUT2D eigenvalue weighted by Crippen LogP contribution is 2.25. The number of aliphatic carboxylic acids is 4. The predicted molar refractivity (Wildman–Crippen MR) is 184 cm³/mol. The van der Waals surface area contributed by atoms with Gasteiger partial charge in [0.2, 0.25) is 11.9 Å². The second kappa shape index (κ2) is 21.6. The summed E-state index contributed by atoms with van der Waals surface area (Å²) in [4.78, 5) is 56.0. The normalized spacial score (nSPS) is 12.7. The Labute approximate surface area is 284 Å². The standard InChI is InChI=1S/C27H32N6.2C4H4O4/c1-3-17-32(18-4-2)26-28-21-29-27(31-26)33-19-15-24(16-20-33)30-25(22-11-7-5-8-12-22)23-13-9-6-10-14-23;2*5-3(6)1-2-4(7)8/h3-14,21,24-25,30H,1-2,15-20H2;2*1-2H,(H,5,6)(H,7,8). The van der Waals surface area contributed by atoms with Crippen LogP contribution in [0.3, 0.4) is 0 Å². The van der Waals surface area contributed by atoms with E-state index in [9.17, 15) is 19.2 Å². The Hall–Kier alpha value is -6.15. The molecule has 0 atom stereocenters. The smallest absolute Gasteiger partial charge is 0.328 e. The number of carbonyl (C=O) groups is 4. The highest BCUT2D eigenvalue weighted by molar-refractivity contribution is 5.90. The molecular weight excluding hydrogens is 632 g/mol. The first-order valence-corrected chi connectivity index (χ1v) is 15.1. The van der Waals surface area contributed by atoms with Gasteiger partial charge in [-0.3, -0.25) is 0 Å². The molecule has 5 N–H and O–H groups in total. The van der Waals surface area contributed by atoms with Gasteiger partial charge in [-0.15, -0.1) is 13.2 Å². The minimum atomic E-state index is -1.26. The van der Waals surface area contributed by atoms with Crippen molar-refractivity contribution in [2.75, 3.05) is 36.0 Å². The molecule has 2 heterocycles. The first-order valence-electron chi connectivity index (χ1n) is 15.1. The number of aromatic nitrogens is 3. The fourth-order valence-corrected chi connectivity index (χ4v) is 4.58. The predicted octanol–water partition coefficient (Wildman–Crippen LogP) is 3.82. The number of hydrogen-bond acceptors (Lipinski definition) is 10. The molecule has 258 valence electrons. The number of carboxylic acid groups (broad SMARTS) is 4. The molecular formula is C35H40N6O8. The van der Waals surface area contributed by atoms with Gasteiger partial charge in [0.05, 0.1) is 6.04 Å². The van der Waals surface area contributed by atoms with Gasteiger partial charge in [0.1, 0.15) is 6.33 Å². The van der Waals surface area contributed by atoms with Gasteiger partial charge in [-0.2, -0.15) is 4.98 Å². The number of benzene rings is 2. The molecule has 3 aromatic rings. The maximum Gasteiger partial charge on any atom is 0.328 e. The molecule has 0 spiro atoms. The number of piperidine rings is 1. The molecule has 0 amide bonds. The lowest BCUT2D eigenvalue weighted by Crippen LogP contribution is -2.44. The van der Waals surface area contributed by atoms with Crippen LogP contribution < -0.4 is 15.1 Å². The molecule has 0 bridgehead atoms. The summed E-state index contributed by atoms with van der Waals surface area (Å²) in [5, 5.41) is 35.2. The van der Waals surface area contributed by atoms with Crippen LogP contribution in [0, 0.1) is 0 Å². The van der Waals surface area contributed by atoms with Crippen LogP contribution in [0.4, 0.5) is 11.9 Å². The van der Waals surface area contributed by atoms with Gasteiger partial charge >= 0.3 is 23.9 Å². The average molecular weight is 673 g/mol. The van der Waals surface area contributed by atoms with E-state index in [1.165, 1.54) is 11.1 Å². The maximum atomic E-state index is 9.55. The maximum absolute atomic E-state index is 9.55. The number of rotatable bonds is 14. The van der Waals surface area contributed by atoms with Gasteiger partial charge in [0.15, 0.2) is 0 Å². The molecule has 49 heavy (non-hydrogen) atoms. The lowest BCUT2D eigenvalue weighted by atomic mass is 9.95. The lowest BCUT2D eigenvalue weighted by molar-refractivity contribution is -0.134. The number of hydrogen-bond donors (Lipinski definition) is 5. The number of anilines is 2. The van der Waals surface area contributed by atoms with E-state index in [0.717, 1.165) is 31.9 Å². The summed E-state index contributed by atoms with van der Waals surface area (Å²) in [6.45, 7) is 10.8. The second-order valence-electron chi connectivity index (χ2n) is 10.3. The fourth-order valence-electron chi connectivity index (χ4n) is 4.58. The summed E-state index contributed by atoms with van der Waals surface area (Å²) in [5.74, 6) is -3.63. The van der Waals surface area contributed by atoms with Crippen LogP contribution >= 0.6 is 0 Å². The van der Waals surface area contributed by atoms with Crippen molar-refractivity contribution in [3.05, 3.63) is 128 Å². The molecule has 14 heteroatoms. The summed E-state index contributed by atoms with van der Waals surface area (Å²) in [6.07, 6.45) is 9.58. The van der Waals surface area contributed by atoms with E-state index < -0.39 is 23.9 Å². The van der Waals surface area contributed by atoms with Gasteiger partial charge in [0.25, 0.3) is 0 Å². The number of carboxylic acids is 4. The van der Waals surface area contributed by atoms with E-state index in [4.69, 9.17) is 25.4 Å². The van der Waals surface area contributed by atoms with Crippen molar-refractivity contribution in [3.8, 4) is 0 Å². The van der Waals surface area contributed by atoms with Crippen LogP contribution in [-0.2, 0) is 19.2 Å². The second-order valence-corrected chi connectivity index (χ2v) is 10.3. The summed E-state index contributed by atoms with van der Waals surface area (Å²) >= 11 is 0. The Morgan fingerprint density at radius 3 is 1.57 bits per heavy atom. The molecule has 14 nitrogen and oxygen atoms in total. The van der Waals surface area contributed by atoms with Crippen molar-refractivity contribution in [2.45, 2.75) is 24.9 Å². The quantitative estimate of drug-likeness (QED) is 0.122. The summed E-state index contributed by atoms with van der Waals surface area (Å²) in [5.41, 5.74) is 2.58. The van der Waals surface area contributed by atoms with E-state index in [0.29, 0.717) is 49.4 Å². The van der Waals surface area contributed by atoms with E-state index in [1.54, 1.807) is 6.33 Å². The Bertz CT molecular complexity index is 1460. The first-order chi connectivity index (χ1) is 23.5. The molecule has 4 rings (SSSR count). The van der Waals surface area contributed by atoms with Crippen molar-refractivity contribution < 1.29 is 39.6 Å². The Morgan fingerprint density at radius 2 is 1.18 bits per heavy atom. The van der Waals surface area contributed by atoms with E-state index >= 15 is 0 Å². The van der Waals surface area contributed by atoms with Crippen LogP contribution in [0.5, 0.6) is 0 Å². The van der Waals surface area contributed by atoms with Gasteiger partial charge in [0, 0.05) is 56.5 Å². The molecule has 1 saturated heterocycles. The van der Waals surface area contributed by atoms with Crippen molar-refractivity contribution in [1.29, 1.82) is 0 Å².